The Balaban J connectivity index is 1.10. The second-order valence-electron chi connectivity index (χ2n) is 18.5. The van der Waals surface area contributed by atoms with Crippen molar-refractivity contribution in [3.8, 4) is 23.0 Å². The van der Waals surface area contributed by atoms with Crippen LogP contribution in [0.15, 0.2) is 200 Å². The molecular weight excluding hydrogens is 820 g/mol. The smallest absolute Gasteiger partial charge is 0.252 e. The lowest BCUT2D eigenvalue weighted by Crippen LogP contribution is -2.61. The maximum absolute atomic E-state index is 8.22. The summed E-state index contributed by atoms with van der Waals surface area (Å²) in [6, 6.07) is 67.4. The fourth-order valence-electron chi connectivity index (χ4n) is 10.5. The number of fused-ring (bicyclic) bond motifs is 9. The molecule has 8 heteroatoms. The summed E-state index contributed by atoms with van der Waals surface area (Å²) in [6.45, 7) is 4.25. The Bertz CT molecular complexity index is 3870. The fourth-order valence-corrected chi connectivity index (χ4v) is 10.5. The highest BCUT2D eigenvalue weighted by molar-refractivity contribution is 7.00. The number of para-hydroxylation sites is 6. The fraction of sp³-hybridized carbons (Fsp3) is 0.0847. The number of nitrogens with zero attached hydrogens (tertiary/aromatic N) is 6. The second kappa shape index (κ2) is 14.8. The molecule has 0 amide bonds. The maximum atomic E-state index is 8.22. The Morgan fingerprint density at radius 3 is 1.99 bits per heavy atom. The van der Waals surface area contributed by atoms with Gasteiger partial charge in [0, 0.05) is 51.5 Å². The highest BCUT2D eigenvalue weighted by atomic mass is 16.5. The zero-order chi connectivity index (χ0) is 47.5. The van der Waals surface area contributed by atoms with Crippen LogP contribution in [0.5, 0.6) is 11.5 Å². The zero-order valence-corrected chi connectivity index (χ0v) is 37.2. The van der Waals surface area contributed by atoms with E-state index in [2.05, 4.69) is 187 Å². The van der Waals surface area contributed by atoms with Crippen molar-refractivity contribution in [2.75, 3.05) is 9.80 Å². The number of hydrogen-bond acceptors (Lipinski definition) is 4. The lowest BCUT2D eigenvalue weighted by molar-refractivity contribution is -0.649. The van der Waals surface area contributed by atoms with E-state index in [9.17, 15) is 0 Å². The Hall–Kier alpha value is -8.36. The third kappa shape index (κ3) is 6.06. The van der Waals surface area contributed by atoms with Crippen LogP contribution in [0.2, 0.25) is 0 Å². The van der Waals surface area contributed by atoms with Gasteiger partial charge in [0.05, 0.1) is 44.5 Å². The van der Waals surface area contributed by atoms with Crippen LogP contribution >= 0.6 is 0 Å². The molecule has 2 aliphatic rings. The molecule has 8 aromatic carbocycles. The van der Waals surface area contributed by atoms with Crippen molar-refractivity contribution < 1.29 is 13.4 Å². The molecule has 0 saturated heterocycles. The van der Waals surface area contributed by atoms with E-state index >= 15 is 0 Å². The van der Waals surface area contributed by atoms with Crippen LogP contribution < -0.4 is 35.5 Å². The van der Waals surface area contributed by atoms with Gasteiger partial charge in [0.1, 0.15) is 17.3 Å². The van der Waals surface area contributed by atoms with Crippen LogP contribution in [0.1, 0.15) is 30.4 Å². The maximum Gasteiger partial charge on any atom is 0.252 e. The normalized spacial score (nSPS) is 13.8. The Morgan fingerprint density at radius 2 is 1.24 bits per heavy atom. The number of ether oxygens (including phenoxy) is 1. The Kier molecular flexibility index (Phi) is 7.96. The molecular formula is C59H45BN6O. The van der Waals surface area contributed by atoms with Gasteiger partial charge in [-0.15, -0.1) is 0 Å². The summed E-state index contributed by atoms with van der Waals surface area (Å²) in [4.78, 5) is 10.1. The molecule has 0 aliphatic carbocycles. The van der Waals surface area contributed by atoms with Crippen LogP contribution in [0.25, 0.3) is 44.3 Å². The first kappa shape index (κ1) is 35.9. The van der Waals surface area contributed by atoms with Crippen LogP contribution in [0.3, 0.4) is 0 Å². The van der Waals surface area contributed by atoms with Crippen molar-refractivity contribution in [3.05, 3.63) is 212 Å². The lowest BCUT2D eigenvalue weighted by atomic mass is 9.33. The second-order valence-corrected chi connectivity index (χ2v) is 18.5. The first-order valence-electron chi connectivity index (χ1n) is 24.2. The van der Waals surface area contributed by atoms with Gasteiger partial charge in [0.15, 0.2) is 0 Å². The van der Waals surface area contributed by atoms with Crippen molar-refractivity contribution >= 4 is 90.1 Å². The molecule has 3 aromatic heterocycles. The van der Waals surface area contributed by atoms with E-state index in [0.717, 1.165) is 73.0 Å². The van der Waals surface area contributed by atoms with Gasteiger partial charge in [-0.3, -0.25) is 4.57 Å². The van der Waals surface area contributed by atoms with Crippen LogP contribution in [0.4, 0.5) is 34.1 Å². The van der Waals surface area contributed by atoms with Crippen molar-refractivity contribution in [1.29, 1.82) is 0 Å². The minimum Gasteiger partial charge on any atom is -0.458 e. The average Bonchev–Trinajstić information content (AvgIpc) is 3.93. The molecule has 7 nitrogen and oxygen atoms in total. The molecule has 0 fully saturated rings. The van der Waals surface area contributed by atoms with Crippen LogP contribution in [-0.2, 0) is 12.4 Å². The van der Waals surface area contributed by atoms with E-state index < -0.39 is 6.98 Å². The minimum absolute atomic E-state index is 0.0544. The van der Waals surface area contributed by atoms with Crippen LogP contribution in [0, 0.1) is 6.33 Å². The predicted octanol–water partition coefficient (Wildman–Crippen LogP) is 11.9. The molecule has 0 spiro atoms. The molecule has 0 atom stereocenters. The quantitative estimate of drug-likeness (QED) is 0.0949. The summed E-state index contributed by atoms with van der Waals surface area (Å²) in [6.07, 6.45) is 5.02. The number of rotatable bonds is 6. The first-order valence-corrected chi connectivity index (χ1v) is 22.7. The number of hydrogen-bond donors (Lipinski definition) is 0. The lowest BCUT2D eigenvalue weighted by Gasteiger charge is -2.44. The van der Waals surface area contributed by atoms with Gasteiger partial charge < -0.3 is 23.7 Å². The average molecular weight is 868 g/mol. The summed E-state index contributed by atoms with van der Waals surface area (Å²) < 4.78 is 36.8. The highest BCUT2D eigenvalue weighted by Gasteiger charge is 2.45. The van der Waals surface area contributed by atoms with E-state index in [-0.39, 0.29) is 12.1 Å². The van der Waals surface area contributed by atoms with Crippen molar-refractivity contribution in [2.24, 2.45) is 6.98 Å². The summed E-state index contributed by atoms with van der Waals surface area (Å²) in [5.41, 5.74) is 15.4. The molecule has 0 radical (unpaired) electrons. The molecule has 0 unspecified atom stereocenters. The molecule has 5 heterocycles. The first-order chi connectivity index (χ1) is 34.0. The molecule has 0 N–H and O–H groups in total. The van der Waals surface area contributed by atoms with Gasteiger partial charge in [-0.05, 0) is 106 Å². The molecule has 11 aromatic rings. The van der Waals surface area contributed by atoms with E-state index in [4.69, 9.17) is 13.8 Å². The van der Waals surface area contributed by atoms with Gasteiger partial charge >= 0.3 is 0 Å². The van der Waals surface area contributed by atoms with Crippen molar-refractivity contribution in [1.82, 2.24) is 14.1 Å². The molecule has 0 bridgehead atoms. The largest absolute Gasteiger partial charge is 0.458 e. The summed E-state index contributed by atoms with van der Waals surface area (Å²) >= 11 is 0. The third-order valence-electron chi connectivity index (χ3n) is 13.5. The van der Waals surface area contributed by atoms with Crippen molar-refractivity contribution in [2.45, 2.75) is 26.2 Å². The third-order valence-corrected chi connectivity index (χ3v) is 13.5. The highest BCUT2D eigenvalue weighted by Crippen LogP contribution is 2.50. The van der Waals surface area contributed by atoms with Gasteiger partial charge in [-0.2, -0.15) is 0 Å². The van der Waals surface area contributed by atoms with Crippen molar-refractivity contribution in [3.63, 3.8) is 0 Å². The monoisotopic (exact) mass is 867 g/mol. The SMILES string of the molecule is [2H]C([2H])([2H])[n+]1[c-]n(-c2cccc(Oc3ccc4c5c6c7c(cc5n(-c5cc(C(C)(C)C)ccn5)c4c3)N(c3ccccc3)c3ccccc3B7c3ccccc3N6c3ccccc3)c2)c2ccccc21. The minimum atomic E-state index is -2.40. The number of aromatic nitrogens is 4. The van der Waals surface area contributed by atoms with E-state index in [1.54, 1.807) is 10.6 Å². The molecule has 67 heavy (non-hydrogen) atoms. The van der Waals surface area contributed by atoms with E-state index in [1.165, 1.54) is 26.5 Å². The summed E-state index contributed by atoms with van der Waals surface area (Å²) in [5.74, 6) is 2.03. The molecule has 0 saturated carbocycles. The topological polar surface area (TPSA) is 42.3 Å². The molecule has 320 valence electrons. The summed E-state index contributed by atoms with van der Waals surface area (Å²) in [5, 5.41) is 2.17. The number of benzene rings is 8. The van der Waals surface area contributed by atoms with Crippen LogP contribution in [-0.4, -0.2) is 20.8 Å². The number of pyridine rings is 1. The number of aryl methyl sites for hydroxylation is 1. The number of imidazole rings is 1. The van der Waals surface area contributed by atoms with Gasteiger partial charge in [0.25, 0.3) is 6.71 Å². The van der Waals surface area contributed by atoms with Gasteiger partial charge in [0.2, 0.25) is 6.33 Å². The molecule has 13 rings (SSSR count). The van der Waals surface area contributed by atoms with E-state index in [0.29, 0.717) is 17.0 Å². The Morgan fingerprint density at radius 1 is 0.582 bits per heavy atom. The summed E-state index contributed by atoms with van der Waals surface area (Å²) in [7, 11) is 0. The van der Waals surface area contributed by atoms with Gasteiger partial charge in [-0.1, -0.05) is 130 Å². The zero-order valence-electron chi connectivity index (χ0n) is 40.2. The van der Waals surface area contributed by atoms with Gasteiger partial charge in [-0.25, -0.2) is 4.98 Å². The number of anilines is 6. The predicted molar refractivity (Wildman–Crippen MR) is 275 cm³/mol. The van der Waals surface area contributed by atoms with E-state index in [1.807, 2.05) is 48.7 Å². The molecule has 2 aliphatic heterocycles. The Labute approximate surface area is 394 Å². The standard InChI is InChI=1S/C59H45BN6O/c1-59(2,3)39-32-33-61-55(34-39)66-52-36-44(67-43-23-17-22-42(35-43)63-38-62(4)50-28-15-16-29-51(50)63)30-31-45(52)56-53(66)37-54-57-58(56)65(41-20-9-6-10-21-41)49-27-14-12-25-47(49)60(57)46-24-11-13-26-48(46)64(54)40-18-7-5-8-19-40/h5-37H,1-4H3/i4D3.